The molecule has 0 aliphatic carbocycles. The topological polar surface area (TPSA) is 69.6 Å². The third kappa shape index (κ3) is 3.81. The maximum absolute atomic E-state index is 11.4. The molecule has 0 spiro atoms. The summed E-state index contributed by atoms with van der Waals surface area (Å²) in [6.45, 7) is 0. The fourth-order valence-corrected chi connectivity index (χ4v) is 2.43. The minimum Gasteiger partial charge on any atom is -0.506 e. The van der Waals surface area contributed by atoms with Crippen LogP contribution >= 0.6 is 39.1 Å². The second-order valence-corrected chi connectivity index (χ2v) is 5.92. The van der Waals surface area contributed by atoms with Crippen LogP contribution in [0.25, 0.3) is 0 Å². The molecule has 21 heavy (non-hydrogen) atoms. The lowest BCUT2D eigenvalue weighted by Gasteiger charge is -2.17. The van der Waals surface area contributed by atoms with Crippen LogP contribution in [0.15, 0.2) is 40.9 Å². The number of anilines is 1. The zero-order valence-electron chi connectivity index (χ0n) is 10.5. The van der Waals surface area contributed by atoms with E-state index >= 15 is 0 Å². The molecular formula is C14H10BrCl2NO3. The Morgan fingerprint density at radius 1 is 1.14 bits per heavy atom. The fourth-order valence-electron chi connectivity index (χ4n) is 1.74. The summed E-state index contributed by atoms with van der Waals surface area (Å²) in [5, 5.41) is 22.3. The van der Waals surface area contributed by atoms with Crippen LogP contribution < -0.4 is 5.32 Å². The molecule has 4 nitrogen and oxygen atoms in total. The van der Waals surface area contributed by atoms with Crippen molar-refractivity contribution in [2.75, 3.05) is 5.32 Å². The van der Waals surface area contributed by atoms with Crippen molar-refractivity contribution >= 4 is 50.8 Å². The molecule has 0 bridgehead atoms. The minimum absolute atomic E-state index is 0.0952. The summed E-state index contributed by atoms with van der Waals surface area (Å²) in [4.78, 5) is 11.4. The van der Waals surface area contributed by atoms with Crippen LogP contribution in [-0.4, -0.2) is 16.2 Å². The van der Waals surface area contributed by atoms with Gasteiger partial charge in [0.25, 0.3) is 0 Å². The summed E-state index contributed by atoms with van der Waals surface area (Å²) >= 11 is 15.0. The number of carboxylic acids is 1. The molecule has 0 aromatic heterocycles. The molecule has 0 heterocycles. The van der Waals surface area contributed by atoms with Crippen molar-refractivity contribution < 1.29 is 15.0 Å². The monoisotopic (exact) mass is 389 g/mol. The Morgan fingerprint density at radius 3 is 2.43 bits per heavy atom. The third-order valence-electron chi connectivity index (χ3n) is 2.78. The lowest BCUT2D eigenvalue weighted by atomic mass is 10.1. The highest BCUT2D eigenvalue weighted by Gasteiger charge is 2.20. The van der Waals surface area contributed by atoms with Crippen LogP contribution in [0.3, 0.4) is 0 Å². The van der Waals surface area contributed by atoms with Gasteiger partial charge in [-0.2, -0.15) is 0 Å². The second kappa shape index (κ2) is 6.56. The summed E-state index contributed by atoms with van der Waals surface area (Å²) in [7, 11) is 0. The molecule has 0 saturated heterocycles. The SMILES string of the molecule is O=C(O)C(Nc1ccc(Cl)c(Br)c1)c1ccc(O)c(Cl)c1. The molecule has 3 N–H and O–H groups in total. The van der Waals surface area contributed by atoms with Crippen molar-refractivity contribution in [2.45, 2.75) is 6.04 Å². The van der Waals surface area contributed by atoms with E-state index in [9.17, 15) is 15.0 Å². The number of carboxylic acid groups (broad SMARTS) is 1. The minimum atomic E-state index is -1.07. The normalized spacial score (nSPS) is 12.0. The van der Waals surface area contributed by atoms with Crippen LogP contribution in [0.5, 0.6) is 5.75 Å². The molecule has 0 aliphatic rings. The van der Waals surface area contributed by atoms with E-state index in [1.165, 1.54) is 18.2 Å². The maximum atomic E-state index is 11.4. The number of aliphatic carboxylic acids is 1. The number of halogens is 3. The highest BCUT2D eigenvalue weighted by atomic mass is 79.9. The van der Waals surface area contributed by atoms with Gasteiger partial charge in [-0.1, -0.05) is 29.3 Å². The molecule has 2 aromatic rings. The van der Waals surface area contributed by atoms with Crippen molar-refractivity contribution in [1.82, 2.24) is 0 Å². The molecule has 1 atom stereocenters. The Morgan fingerprint density at radius 2 is 1.86 bits per heavy atom. The standard InChI is InChI=1S/C14H10BrCl2NO3/c15-9-6-8(2-3-10(9)16)18-13(14(20)21)7-1-4-12(19)11(17)5-7/h1-6,13,18-19H,(H,20,21). The molecule has 0 amide bonds. The van der Waals surface area contributed by atoms with Gasteiger partial charge >= 0.3 is 5.97 Å². The summed E-state index contributed by atoms with van der Waals surface area (Å²) in [5.74, 6) is -1.17. The predicted octanol–water partition coefficient (Wildman–Crippen LogP) is 4.70. The van der Waals surface area contributed by atoms with Crippen LogP contribution in [-0.2, 0) is 4.79 Å². The number of hydrogen-bond donors (Lipinski definition) is 3. The van der Waals surface area contributed by atoms with Crippen molar-refractivity contribution in [2.24, 2.45) is 0 Å². The third-order valence-corrected chi connectivity index (χ3v) is 4.30. The first-order chi connectivity index (χ1) is 9.88. The molecule has 110 valence electrons. The van der Waals surface area contributed by atoms with Gasteiger partial charge in [0.1, 0.15) is 5.75 Å². The first-order valence-electron chi connectivity index (χ1n) is 5.81. The molecule has 2 rings (SSSR count). The lowest BCUT2D eigenvalue weighted by Crippen LogP contribution is -2.20. The van der Waals surface area contributed by atoms with Crippen LogP contribution in [0.2, 0.25) is 10.0 Å². The average molecular weight is 391 g/mol. The van der Waals surface area contributed by atoms with Crippen LogP contribution in [0, 0.1) is 0 Å². The summed E-state index contributed by atoms with van der Waals surface area (Å²) in [6, 6.07) is 8.26. The molecule has 1 unspecified atom stereocenters. The van der Waals surface area contributed by atoms with Gasteiger partial charge in [0.15, 0.2) is 6.04 Å². The van der Waals surface area contributed by atoms with Crippen molar-refractivity contribution in [1.29, 1.82) is 0 Å². The first kappa shape index (κ1) is 15.9. The van der Waals surface area contributed by atoms with E-state index in [0.29, 0.717) is 20.7 Å². The summed E-state index contributed by atoms with van der Waals surface area (Å²) < 4.78 is 0.655. The van der Waals surface area contributed by atoms with Crippen LogP contribution in [0.1, 0.15) is 11.6 Å². The zero-order chi connectivity index (χ0) is 15.6. The van der Waals surface area contributed by atoms with E-state index in [2.05, 4.69) is 21.2 Å². The summed E-state index contributed by atoms with van der Waals surface area (Å²) in [6.07, 6.45) is 0. The molecule has 0 saturated carbocycles. The molecule has 0 radical (unpaired) electrons. The van der Waals surface area contributed by atoms with E-state index in [1.807, 2.05) is 0 Å². The Kier molecular flexibility index (Phi) is 4.98. The molecule has 0 fully saturated rings. The zero-order valence-corrected chi connectivity index (χ0v) is 13.6. The highest BCUT2D eigenvalue weighted by Crippen LogP contribution is 2.30. The molecular weight excluding hydrogens is 381 g/mol. The maximum Gasteiger partial charge on any atom is 0.330 e. The summed E-state index contributed by atoms with van der Waals surface area (Å²) in [5.41, 5.74) is 1.01. The second-order valence-electron chi connectivity index (χ2n) is 4.26. The largest absolute Gasteiger partial charge is 0.506 e. The van der Waals surface area contributed by atoms with E-state index < -0.39 is 12.0 Å². The lowest BCUT2D eigenvalue weighted by molar-refractivity contribution is -0.138. The van der Waals surface area contributed by atoms with Crippen molar-refractivity contribution in [3.8, 4) is 5.75 Å². The van der Waals surface area contributed by atoms with E-state index in [1.54, 1.807) is 18.2 Å². The number of nitrogens with one attached hydrogen (secondary N) is 1. The smallest absolute Gasteiger partial charge is 0.330 e. The van der Waals surface area contributed by atoms with Gasteiger partial charge in [-0.05, 0) is 51.8 Å². The van der Waals surface area contributed by atoms with E-state index in [4.69, 9.17) is 23.2 Å². The fraction of sp³-hybridized carbons (Fsp3) is 0.0714. The number of phenolic OH excluding ortho intramolecular Hbond substituents is 1. The van der Waals surface area contributed by atoms with Crippen molar-refractivity contribution in [3.63, 3.8) is 0 Å². The van der Waals surface area contributed by atoms with E-state index in [-0.39, 0.29) is 10.8 Å². The van der Waals surface area contributed by atoms with E-state index in [0.717, 1.165) is 0 Å². The number of carbonyl (C=O) groups is 1. The molecule has 0 aliphatic heterocycles. The number of rotatable bonds is 4. The number of hydrogen-bond acceptors (Lipinski definition) is 3. The van der Waals surface area contributed by atoms with Gasteiger partial charge in [-0.3, -0.25) is 0 Å². The van der Waals surface area contributed by atoms with Gasteiger partial charge in [-0.25, -0.2) is 4.79 Å². The number of phenols is 1. The molecule has 7 heteroatoms. The predicted molar refractivity (Wildman–Crippen MR) is 86.3 cm³/mol. The Hall–Kier alpha value is -1.43. The van der Waals surface area contributed by atoms with Crippen LogP contribution in [0.4, 0.5) is 5.69 Å². The average Bonchev–Trinajstić information content (AvgIpc) is 2.43. The highest BCUT2D eigenvalue weighted by molar-refractivity contribution is 9.10. The van der Waals surface area contributed by atoms with Gasteiger partial charge in [-0.15, -0.1) is 0 Å². The van der Waals surface area contributed by atoms with Crippen molar-refractivity contribution in [3.05, 3.63) is 56.5 Å². The van der Waals surface area contributed by atoms with Gasteiger partial charge < -0.3 is 15.5 Å². The quantitative estimate of drug-likeness (QED) is 0.707. The Balaban J connectivity index is 2.32. The Labute approximate surface area is 139 Å². The van der Waals surface area contributed by atoms with Gasteiger partial charge in [0, 0.05) is 10.2 Å². The van der Waals surface area contributed by atoms with Gasteiger partial charge in [0.05, 0.1) is 10.0 Å². The number of benzene rings is 2. The molecule has 2 aromatic carbocycles. The van der Waals surface area contributed by atoms with Gasteiger partial charge in [0.2, 0.25) is 0 Å². The Bertz CT molecular complexity index is 694. The number of aromatic hydroxyl groups is 1. The first-order valence-corrected chi connectivity index (χ1v) is 7.36.